The Morgan fingerprint density at radius 2 is 2.12 bits per heavy atom. The number of aryl methyl sites for hydroxylation is 2. The number of urea groups is 1. The molecule has 0 bridgehead atoms. The summed E-state index contributed by atoms with van der Waals surface area (Å²) in [6.07, 6.45) is 1.63. The number of nitrogens with one attached hydrogen (secondary N) is 1. The van der Waals surface area contributed by atoms with Gasteiger partial charge in [-0.15, -0.1) is 11.3 Å². The summed E-state index contributed by atoms with van der Waals surface area (Å²) in [5.74, 6) is -0.536. The molecular formula is C16H16N4O5S. The van der Waals surface area contributed by atoms with Crippen LogP contribution >= 0.6 is 11.3 Å². The van der Waals surface area contributed by atoms with Gasteiger partial charge in [0.05, 0.1) is 5.39 Å². The molecule has 9 nitrogen and oxygen atoms in total. The second-order valence-corrected chi connectivity index (χ2v) is 7.18. The maximum atomic E-state index is 12.6. The highest BCUT2D eigenvalue weighted by molar-refractivity contribution is 7.20. The van der Waals surface area contributed by atoms with Crippen molar-refractivity contribution in [1.29, 1.82) is 0 Å². The third-order valence-corrected chi connectivity index (χ3v) is 5.75. The SMILES string of the molecule is Cc1c(C(=O)OCC(=O)N2CCNC2=O)sc2nc3n(c(=O)c12)CCC3. The first-order chi connectivity index (χ1) is 12.5. The summed E-state index contributed by atoms with van der Waals surface area (Å²) in [7, 11) is 0. The number of ether oxygens (including phenoxy) is 1. The number of carbonyl (C=O) groups excluding carboxylic acids is 3. The van der Waals surface area contributed by atoms with Crippen molar-refractivity contribution in [3.8, 4) is 0 Å². The van der Waals surface area contributed by atoms with Gasteiger partial charge in [0.1, 0.15) is 15.5 Å². The van der Waals surface area contributed by atoms with Gasteiger partial charge in [-0.1, -0.05) is 0 Å². The van der Waals surface area contributed by atoms with Crippen LogP contribution in [0.5, 0.6) is 0 Å². The van der Waals surface area contributed by atoms with Gasteiger partial charge < -0.3 is 10.1 Å². The number of aromatic nitrogens is 2. The lowest BCUT2D eigenvalue weighted by Gasteiger charge is -2.11. The second-order valence-electron chi connectivity index (χ2n) is 6.18. The number of thiophene rings is 1. The third-order valence-electron chi connectivity index (χ3n) is 4.58. The van der Waals surface area contributed by atoms with Gasteiger partial charge in [-0.25, -0.2) is 14.6 Å². The maximum absolute atomic E-state index is 12.6. The van der Waals surface area contributed by atoms with Crippen LogP contribution in [0.25, 0.3) is 10.2 Å². The van der Waals surface area contributed by atoms with Gasteiger partial charge in [-0.2, -0.15) is 0 Å². The van der Waals surface area contributed by atoms with Crippen LogP contribution in [-0.4, -0.2) is 52.1 Å². The molecule has 1 fully saturated rings. The lowest BCUT2D eigenvalue weighted by Crippen LogP contribution is -2.37. The van der Waals surface area contributed by atoms with Gasteiger partial charge in [0.25, 0.3) is 11.5 Å². The third kappa shape index (κ3) is 2.57. The zero-order chi connectivity index (χ0) is 18.4. The van der Waals surface area contributed by atoms with E-state index in [1.54, 1.807) is 11.5 Å². The van der Waals surface area contributed by atoms with Crippen LogP contribution in [0.3, 0.4) is 0 Å². The first kappa shape index (κ1) is 16.7. The van der Waals surface area contributed by atoms with E-state index in [1.807, 2.05) is 0 Å². The van der Waals surface area contributed by atoms with Crippen molar-refractivity contribution >= 4 is 39.5 Å². The number of rotatable bonds is 3. The van der Waals surface area contributed by atoms with Crippen LogP contribution in [0.4, 0.5) is 4.79 Å². The van der Waals surface area contributed by atoms with E-state index in [0.29, 0.717) is 28.9 Å². The Hall–Kier alpha value is -2.75. The molecule has 0 aliphatic carbocycles. The maximum Gasteiger partial charge on any atom is 0.349 e. The Balaban J connectivity index is 1.57. The summed E-state index contributed by atoms with van der Waals surface area (Å²) < 4.78 is 6.71. The molecule has 3 amide bonds. The lowest BCUT2D eigenvalue weighted by atomic mass is 10.2. The smallest absolute Gasteiger partial charge is 0.349 e. The average Bonchev–Trinajstić information content (AvgIpc) is 3.32. The number of nitrogens with zero attached hydrogens (tertiary/aromatic N) is 3. The van der Waals surface area contributed by atoms with E-state index < -0.39 is 24.5 Å². The van der Waals surface area contributed by atoms with Gasteiger partial charge >= 0.3 is 12.0 Å². The molecule has 2 aromatic heterocycles. The van der Waals surface area contributed by atoms with Crippen LogP contribution in [-0.2, 0) is 22.5 Å². The minimum Gasteiger partial charge on any atom is -0.451 e. The molecule has 2 aromatic rings. The van der Waals surface area contributed by atoms with Crippen molar-refractivity contribution in [2.45, 2.75) is 26.3 Å². The van der Waals surface area contributed by atoms with E-state index in [9.17, 15) is 19.2 Å². The zero-order valence-electron chi connectivity index (χ0n) is 14.0. The molecule has 0 radical (unpaired) electrons. The Morgan fingerprint density at radius 3 is 2.85 bits per heavy atom. The largest absolute Gasteiger partial charge is 0.451 e. The summed E-state index contributed by atoms with van der Waals surface area (Å²) in [4.78, 5) is 54.7. The minimum atomic E-state index is -0.692. The predicted octanol–water partition coefficient (Wildman–Crippen LogP) is 0.421. The molecule has 1 N–H and O–H groups in total. The van der Waals surface area contributed by atoms with E-state index in [4.69, 9.17) is 4.74 Å². The molecule has 0 aromatic carbocycles. The lowest BCUT2D eigenvalue weighted by molar-refractivity contribution is -0.130. The van der Waals surface area contributed by atoms with Crippen LogP contribution in [0.15, 0.2) is 4.79 Å². The second kappa shape index (κ2) is 6.20. The fraction of sp³-hybridized carbons (Fsp3) is 0.438. The van der Waals surface area contributed by atoms with Gasteiger partial charge in [0.15, 0.2) is 6.61 Å². The number of amides is 3. The zero-order valence-corrected chi connectivity index (χ0v) is 14.9. The van der Waals surface area contributed by atoms with Crippen LogP contribution in [0.1, 0.15) is 27.5 Å². The standard InChI is InChI=1S/C16H16N4O5S/c1-8-11-13(18-9-3-2-5-19(9)14(11)22)26-12(8)15(23)25-7-10(21)20-6-4-17-16(20)24/h2-7H2,1H3,(H,17,24). The topological polar surface area (TPSA) is 111 Å². The van der Waals surface area contributed by atoms with Crippen LogP contribution in [0.2, 0.25) is 0 Å². The van der Waals surface area contributed by atoms with E-state index in [-0.39, 0.29) is 17.0 Å². The van der Waals surface area contributed by atoms with E-state index in [2.05, 4.69) is 10.3 Å². The van der Waals surface area contributed by atoms with Crippen molar-refractivity contribution in [1.82, 2.24) is 19.8 Å². The number of esters is 1. The number of hydrogen-bond donors (Lipinski definition) is 1. The fourth-order valence-corrected chi connectivity index (χ4v) is 4.33. The van der Waals surface area contributed by atoms with Crippen molar-refractivity contribution in [2.24, 2.45) is 0 Å². The molecule has 0 saturated carbocycles. The summed E-state index contributed by atoms with van der Waals surface area (Å²) in [5, 5.41) is 2.94. The minimum absolute atomic E-state index is 0.139. The number of carbonyl (C=O) groups is 3. The van der Waals surface area contributed by atoms with Crippen molar-refractivity contribution < 1.29 is 19.1 Å². The molecule has 4 rings (SSSR count). The molecule has 136 valence electrons. The monoisotopic (exact) mass is 376 g/mol. The number of imide groups is 1. The molecule has 2 aliphatic rings. The highest BCUT2D eigenvalue weighted by Crippen LogP contribution is 2.29. The van der Waals surface area contributed by atoms with Crippen LogP contribution < -0.4 is 10.9 Å². The summed E-state index contributed by atoms with van der Waals surface area (Å²) >= 11 is 1.09. The average molecular weight is 376 g/mol. The molecule has 10 heteroatoms. The van der Waals surface area contributed by atoms with Crippen LogP contribution in [0, 0.1) is 6.92 Å². The Morgan fingerprint density at radius 1 is 1.31 bits per heavy atom. The molecule has 1 saturated heterocycles. The van der Waals surface area contributed by atoms with Gasteiger partial charge in [-0.3, -0.25) is 19.1 Å². The van der Waals surface area contributed by atoms with E-state index >= 15 is 0 Å². The quantitative estimate of drug-likeness (QED) is 0.778. The number of fused-ring (bicyclic) bond motifs is 2. The first-order valence-corrected chi connectivity index (χ1v) is 9.07. The van der Waals surface area contributed by atoms with Gasteiger partial charge in [0.2, 0.25) is 0 Å². The van der Waals surface area contributed by atoms with Crippen molar-refractivity contribution in [3.05, 3.63) is 26.6 Å². The Bertz CT molecular complexity index is 1010. The van der Waals surface area contributed by atoms with Crippen molar-refractivity contribution in [2.75, 3.05) is 19.7 Å². The number of hydrogen-bond acceptors (Lipinski definition) is 7. The van der Waals surface area contributed by atoms with Gasteiger partial charge in [-0.05, 0) is 18.9 Å². The fourth-order valence-electron chi connectivity index (χ4n) is 3.25. The molecule has 0 spiro atoms. The molecule has 2 aliphatic heterocycles. The molecule has 0 unspecified atom stereocenters. The summed E-state index contributed by atoms with van der Waals surface area (Å²) in [6.45, 7) is 2.43. The van der Waals surface area contributed by atoms with Gasteiger partial charge in [0, 0.05) is 26.1 Å². The molecule has 4 heterocycles. The highest BCUT2D eigenvalue weighted by Gasteiger charge is 2.28. The molecular weight excluding hydrogens is 360 g/mol. The van der Waals surface area contributed by atoms with E-state index in [1.165, 1.54) is 0 Å². The predicted molar refractivity (Wildman–Crippen MR) is 92.3 cm³/mol. The van der Waals surface area contributed by atoms with Crippen molar-refractivity contribution in [3.63, 3.8) is 0 Å². The Kier molecular flexibility index (Phi) is 3.98. The Labute approximate surface area is 151 Å². The highest BCUT2D eigenvalue weighted by atomic mass is 32.1. The normalized spacial score (nSPS) is 16.0. The first-order valence-electron chi connectivity index (χ1n) is 8.25. The summed E-state index contributed by atoms with van der Waals surface area (Å²) in [5.41, 5.74) is 0.376. The molecule has 26 heavy (non-hydrogen) atoms. The molecule has 0 atom stereocenters. The summed E-state index contributed by atoms with van der Waals surface area (Å²) in [6, 6.07) is -0.490. The van der Waals surface area contributed by atoms with E-state index in [0.717, 1.165) is 34.9 Å².